The third-order valence-corrected chi connectivity index (χ3v) is 2.06. The molecule has 3 heteroatoms. The number of carbonyl (C=O) groups is 1. The van der Waals surface area contributed by atoms with E-state index in [1.165, 1.54) is 0 Å². The number of hydrogen-bond donors (Lipinski definition) is 1. The van der Waals surface area contributed by atoms with Crippen LogP contribution in [0.1, 0.15) is 25.7 Å². The van der Waals surface area contributed by atoms with Crippen LogP contribution >= 0.6 is 0 Å². The smallest absolute Gasteiger partial charge is 0.323 e. The highest BCUT2D eigenvalue weighted by molar-refractivity contribution is 5.75. The van der Waals surface area contributed by atoms with Gasteiger partial charge in [-0.2, -0.15) is 0 Å². The van der Waals surface area contributed by atoms with E-state index in [2.05, 4.69) is 6.58 Å². The Hall–Kier alpha value is -0.830. The van der Waals surface area contributed by atoms with Crippen LogP contribution in [0.15, 0.2) is 12.7 Å². The van der Waals surface area contributed by atoms with E-state index < -0.39 is 6.04 Å². The Balaban J connectivity index is 2.21. The fraction of sp³-hybridized carbons (Fsp3) is 0.667. The summed E-state index contributed by atoms with van der Waals surface area (Å²) in [6.07, 6.45) is 5.40. The van der Waals surface area contributed by atoms with Gasteiger partial charge in [0.05, 0.1) is 0 Å². The molecular weight excluding hydrogens is 154 g/mol. The summed E-state index contributed by atoms with van der Waals surface area (Å²) in [7, 11) is 0. The van der Waals surface area contributed by atoms with Crippen molar-refractivity contribution in [1.82, 2.24) is 0 Å². The van der Waals surface area contributed by atoms with Crippen LogP contribution in [0.2, 0.25) is 0 Å². The Bertz CT molecular complexity index is 175. The zero-order chi connectivity index (χ0) is 8.97. The summed E-state index contributed by atoms with van der Waals surface area (Å²) in [5.41, 5.74) is 5.51. The molecule has 12 heavy (non-hydrogen) atoms. The standard InChI is InChI=1S/C9H15NO2/c1-2-4-8(10)9(11)12-7-5-3-6-7/h2,7-8H,1,3-6,10H2. The molecule has 3 nitrogen and oxygen atoms in total. The van der Waals surface area contributed by atoms with Crippen LogP contribution in [0.3, 0.4) is 0 Å². The summed E-state index contributed by atoms with van der Waals surface area (Å²) in [4.78, 5) is 11.1. The van der Waals surface area contributed by atoms with Gasteiger partial charge in [0.25, 0.3) is 0 Å². The second-order valence-electron chi connectivity index (χ2n) is 3.12. The van der Waals surface area contributed by atoms with E-state index in [0.29, 0.717) is 6.42 Å². The first-order valence-corrected chi connectivity index (χ1v) is 4.31. The number of nitrogens with two attached hydrogens (primary N) is 1. The largest absolute Gasteiger partial charge is 0.461 e. The van der Waals surface area contributed by atoms with Crippen molar-refractivity contribution in [2.45, 2.75) is 37.8 Å². The molecule has 0 heterocycles. The molecule has 1 atom stereocenters. The van der Waals surface area contributed by atoms with E-state index in [0.717, 1.165) is 19.3 Å². The molecule has 0 saturated heterocycles. The minimum atomic E-state index is -0.525. The molecule has 0 aromatic heterocycles. The van der Waals surface area contributed by atoms with Gasteiger partial charge in [-0.25, -0.2) is 0 Å². The van der Waals surface area contributed by atoms with Gasteiger partial charge in [0.2, 0.25) is 0 Å². The summed E-state index contributed by atoms with van der Waals surface area (Å²) < 4.78 is 5.09. The van der Waals surface area contributed by atoms with Crippen molar-refractivity contribution in [2.75, 3.05) is 0 Å². The molecule has 0 amide bonds. The Morgan fingerprint density at radius 3 is 2.83 bits per heavy atom. The summed E-state index contributed by atoms with van der Waals surface area (Å²) in [5, 5.41) is 0. The Kier molecular flexibility index (Phi) is 3.29. The van der Waals surface area contributed by atoms with Crippen LogP contribution in [0.5, 0.6) is 0 Å². The highest BCUT2D eigenvalue weighted by atomic mass is 16.5. The lowest BCUT2D eigenvalue weighted by Gasteiger charge is -2.26. The maximum atomic E-state index is 11.1. The summed E-state index contributed by atoms with van der Waals surface area (Å²) in [5.74, 6) is -0.292. The molecule has 2 N–H and O–H groups in total. The van der Waals surface area contributed by atoms with Crippen LogP contribution in [-0.4, -0.2) is 18.1 Å². The van der Waals surface area contributed by atoms with Gasteiger partial charge in [0.1, 0.15) is 12.1 Å². The maximum Gasteiger partial charge on any atom is 0.323 e. The average Bonchev–Trinajstić information content (AvgIpc) is 1.97. The Labute approximate surface area is 72.6 Å². The molecule has 0 bridgehead atoms. The van der Waals surface area contributed by atoms with Gasteiger partial charge >= 0.3 is 5.97 Å². The molecule has 0 spiro atoms. The fourth-order valence-corrected chi connectivity index (χ4v) is 1.02. The van der Waals surface area contributed by atoms with Crippen molar-refractivity contribution >= 4 is 5.97 Å². The Morgan fingerprint density at radius 2 is 2.42 bits per heavy atom. The van der Waals surface area contributed by atoms with E-state index in [1.54, 1.807) is 6.08 Å². The highest BCUT2D eigenvalue weighted by Gasteiger charge is 2.24. The molecule has 1 unspecified atom stereocenters. The first-order valence-electron chi connectivity index (χ1n) is 4.31. The third kappa shape index (κ3) is 2.34. The van der Waals surface area contributed by atoms with Crippen LogP contribution in [0.25, 0.3) is 0 Å². The van der Waals surface area contributed by atoms with Gasteiger partial charge in [-0.05, 0) is 25.7 Å². The quantitative estimate of drug-likeness (QED) is 0.504. The van der Waals surface area contributed by atoms with E-state index in [1.807, 2.05) is 0 Å². The lowest BCUT2D eigenvalue weighted by atomic mass is 9.96. The SMILES string of the molecule is C=CCC(N)C(=O)OC1CCC1. The normalized spacial score (nSPS) is 19.4. The van der Waals surface area contributed by atoms with E-state index in [4.69, 9.17) is 10.5 Å². The summed E-state index contributed by atoms with van der Waals surface area (Å²) in [6.45, 7) is 3.51. The molecule has 1 fully saturated rings. The van der Waals surface area contributed by atoms with Crippen molar-refractivity contribution < 1.29 is 9.53 Å². The van der Waals surface area contributed by atoms with Crippen LogP contribution in [0.4, 0.5) is 0 Å². The van der Waals surface area contributed by atoms with E-state index in [-0.39, 0.29) is 12.1 Å². The van der Waals surface area contributed by atoms with Gasteiger partial charge < -0.3 is 10.5 Å². The van der Waals surface area contributed by atoms with Gasteiger partial charge in [0.15, 0.2) is 0 Å². The molecular formula is C9H15NO2. The molecule has 0 aromatic carbocycles. The molecule has 1 saturated carbocycles. The van der Waals surface area contributed by atoms with Crippen molar-refractivity contribution in [3.63, 3.8) is 0 Å². The van der Waals surface area contributed by atoms with Gasteiger partial charge in [-0.15, -0.1) is 6.58 Å². The maximum absolute atomic E-state index is 11.1. The second-order valence-corrected chi connectivity index (χ2v) is 3.12. The number of rotatable bonds is 4. The number of carbonyl (C=O) groups excluding carboxylic acids is 1. The van der Waals surface area contributed by atoms with Gasteiger partial charge in [0, 0.05) is 0 Å². The van der Waals surface area contributed by atoms with E-state index >= 15 is 0 Å². The van der Waals surface area contributed by atoms with Crippen LogP contribution in [0, 0.1) is 0 Å². The molecule has 1 rings (SSSR count). The number of esters is 1. The minimum Gasteiger partial charge on any atom is -0.461 e. The molecule has 1 aliphatic rings. The monoisotopic (exact) mass is 169 g/mol. The first-order chi connectivity index (χ1) is 5.74. The predicted octanol–water partition coefficient (Wildman–Crippen LogP) is 0.985. The lowest BCUT2D eigenvalue weighted by Crippen LogP contribution is -2.36. The average molecular weight is 169 g/mol. The predicted molar refractivity (Wildman–Crippen MR) is 46.5 cm³/mol. The summed E-state index contributed by atoms with van der Waals surface area (Å²) in [6, 6.07) is -0.525. The fourth-order valence-electron chi connectivity index (χ4n) is 1.02. The number of hydrogen-bond acceptors (Lipinski definition) is 3. The zero-order valence-corrected chi connectivity index (χ0v) is 7.16. The summed E-state index contributed by atoms with van der Waals surface area (Å²) >= 11 is 0. The second kappa shape index (κ2) is 4.26. The van der Waals surface area contributed by atoms with Crippen molar-refractivity contribution in [2.24, 2.45) is 5.73 Å². The molecule has 1 aliphatic carbocycles. The minimum absolute atomic E-state index is 0.133. The van der Waals surface area contributed by atoms with Crippen LogP contribution in [-0.2, 0) is 9.53 Å². The molecule has 68 valence electrons. The van der Waals surface area contributed by atoms with Crippen LogP contribution < -0.4 is 5.73 Å². The molecule has 0 aromatic rings. The Morgan fingerprint density at radius 1 is 1.75 bits per heavy atom. The van der Waals surface area contributed by atoms with Gasteiger partial charge in [-0.1, -0.05) is 6.08 Å². The highest BCUT2D eigenvalue weighted by Crippen LogP contribution is 2.22. The van der Waals surface area contributed by atoms with Crippen molar-refractivity contribution in [3.8, 4) is 0 Å². The van der Waals surface area contributed by atoms with E-state index in [9.17, 15) is 4.79 Å². The third-order valence-electron chi connectivity index (χ3n) is 2.06. The first kappa shape index (κ1) is 9.26. The van der Waals surface area contributed by atoms with Crippen molar-refractivity contribution in [3.05, 3.63) is 12.7 Å². The lowest BCUT2D eigenvalue weighted by molar-refractivity contribution is -0.154. The molecule has 0 radical (unpaired) electrons. The number of ether oxygens (including phenoxy) is 1. The van der Waals surface area contributed by atoms with Gasteiger partial charge in [-0.3, -0.25) is 4.79 Å². The zero-order valence-electron chi connectivity index (χ0n) is 7.16. The molecule has 0 aliphatic heterocycles. The topological polar surface area (TPSA) is 52.3 Å². The van der Waals surface area contributed by atoms with Crippen molar-refractivity contribution in [1.29, 1.82) is 0 Å².